The second-order valence-corrected chi connectivity index (χ2v) is 16.4. The highest BCUT2D eigenvalue weighted by molar-refractivity contribution is 5.92. The summed E-state index contributed by atoms with van der Waals surface area (Å²) in [6.45, 7) is 13.5. The predicted molar refractivity (Wildman–Crippen MR) is 180 cm³/mol. The molecule has 11 heteroatoms. The molecule has 1 aromatic carbocycles. The van der Waals surface area contributed by atoms with Crippen LogP contribution in [-0.4, -0.2) is 93.9 Å². The third-order valence-electron chi connectivity index (χ3n) is 9.89. The van der Waals surface area contributed by atoms with E-state index in [9.17, 15) is 19.2 Å². The van der Waals surface area contributed by atoms with Gasteiger partial charge >= 0.3 is 12.2 Å². The molecule has 1 aliphatic carbocycles. The molecule has 0 unspecified atom stereocenters. The third kappa shape index (κ3) is 9.21. The van der Waals surface area contributed by atoms with Gasteiger partial charge in [-0.25, -0.2) is 9.59 Å². The van der Waals surface area contributed by atoms with Crippen molar-refractivity contribution < 1.29 is 33.5 Å². The van der Waals surface area contributed by atoms with Crippen LogP contribution in [-0.2, 0) is 30.5 Å². The van der Waals surface area contributed by atoms with Crippen LogP contribution in [0.5, 0.6) is 0 Å². The smallest absolute Gasteiger partial charge is 0.436 e. The lowest BCUT2D eigenvalue weighted by atomic mass is 9.83. The summed E-state index contributed by atoms with van der Waals surface area (Å²) in [5.41, 5.74) is 0.0201. The number of piperidine rings is 1. The van der Waals surface area contributed by atoms with Gasteiger partial charge in [0.05, 0.1) is 6.54 Å². The Balaban J connectivity index is 1.36. The molecule has 1 aromatic rings. The lowest BCUT2D eigenvalue weighted by molar-refractivity contribution is -0.270. The minimum Gasteiger partial charge on any atom is -0.444 e. The van der Waals surface area contributed by atoms with Gasteiger partial charge in [-0.1, -0.05) is 83.2 Å². The first-order valence-electron chi connectivity index (χ1n) is 17.9. The Morgan fingerprint density at radius 1 is 0.854 bits per heavy atom. The van der Waals surface area contributed by atoms with Crippen LogP contribution in [0.1, 0.15) is 105 Å². The van der Waals surface area contributed by atoms with Gasteiger partial charge in [0.1, 0.15) is 18.2 Å². The summed E-state index contributed by atoms with van der Waals surface area (Å²) in [7, 11) is 0. The normalized spacial score (nSPS) is 24.8. The second kappa shape index (κ2) is 15.0. The van der Waals surface area contributed by atoms with E-state index in [4.69, 9.17) is 14.3 Å². The molecule has 3 aliphatic heterocycles. The van der Waals surface area contributed by atoms with Crippen molar-refractivity contribution in [3.63, 3.8) is 0 Å². The number of rotatable bonds is 7. The highest BCUT2D eigenvalue weighted by atomic mass is 16.7. The van der Waals surface area contributed by atoms with Crippen LogP contribution in [0.2, 0.25) is 0 Å². The summed E-state index contributed by atoms with van der Waals surface area (Å²) in [5.74, 6) is 0.175. The summed E-state index contributed by atoms with van der Waals surface area (Å²) in [4.78, 5) is 66.7. The van der Waals surface area contributed by atoms with Gasteiger partial charge in [-0.3, -0.25) is 14.4 Å². The summed E-state index contributed by atoms with van der Waals surface area (Å²) < 4.78 is 11.3. The van der Waals surface area contributed by atoms with Gasteiger partial charge in [-0.05, 0) is 69.3 Å². The first kappa shape index (κ1) is 36.0. The van der Waals surface area contributed by atoms with Gasteiger partial charge in [0.2, 0.25) is 5.91 Å². The Hall–Kier alpha value is -3.34. The quantitative estimate of drug-likeness (QED) is 0.333. The monoisotopic (exact) mass is 668 g/mol. The van der Waals surface area contributed by atoms with E-state index >= 15 is 0 Å². The molecule has 4 fully saturated rings. The molecule has 5 rings (SSSR count). The van der Waals surface area contributed by atoms with Crippen LogP contribution < -0.4 is 0 Å². The summed E-state index contributed by atoms with van der Waals surface area (Å²) in [6.07, 6.45) is 5.26. The van der Waals surface area contributed by atoms with Crippen molar-refractivity contribution >= 4 is 24.0 Å². The van der Waals surface area contributed by atoms with Gasteiger partial charge in [0, 0.05) is 19.6 Å². The average molecular weight is 669 g/mol. The number of fused-ring (bicyclic) bond motifs is 1. The van der Waals surface area contributed by atoms with E-state index in [2.05, 4.69) is 20.8 Å². The molecule has 4 aliphatic rings. The van der Waals surface area contributed by atoms with E-state index in [1.165, 1.54) is 11.5 Å². The van der Waals surface area contributed by atoms with Crippen LogP contribution in [0.25, 0.3) is 0 Å². The van der Waals surface area contributed by atoms with E-state index < -0.39 is 30.0 Å². The molecule has 0 bridgehead atoms. The minimum absolute atomic E-state index is 0.0672. The Labute approximate surface area is 286 Å². The number of piperazine rings is 1. The zero-order chi connectivity index (χ0) is 34.6. The second-order valence-electron chi connectivity index (χ2n) is 16.4. The van der Waals surface area contributed by atoms with Gasteiger partial charge < -0.3 is 24.2 Å². The molecule has 0 aromatic heterocycles. The first-order chi connectivity index (χ1) is 22.7. The fraction of sp³-hybridized carbons (Fsp3) is 0.730. The van der Waals surface area contributed by atoms with E-state index in [-0.39, 0.29) is 42.4 Å². The largest absolute Gasteiger partial charge is 0.444 e. The molecule has 4 amide bonds. The molecule has 1 saturated carbocycles. The maximum Gasteiger partial charge on any atom is 0.436 e. The maximum atomic E-state index is 14.4. The Morgan fingerprint density at radius 3 is 2.15 bits per heavy atom. The van der Waals surface area contributed by atoms with Crippen LogP contribution in [0, 0.1) is 17.3 Å². The fourth-order valence-corrected chi connectivity index (χ4v) is 7.50. The van der Waals surface area contributed by atoms with Crippen molar-refractivity contribution in [3.8, 4) is 0 Å². The molecule has 266 valence electrons. The molecule has 3 atom stereocenters. The van der Waals surface area contributed by atoms with Gasteiger partial charge in [0.25, 0.3) is 5.91 Å². The van der Waals surface area contributed by atoms with Gasteiger partial charge in [-0.2, -0.15) is 5.06 Å². The zero-order valence-electron chi connectivity index (χ0n) is 29.8. The Bertz CT molecular complexity index is 1280. The lowest BCUT2D eigenvalue weighted by Crippen LogP contribution is -2.74. The van der Waals surface area contributed by atoms with Crippen LogP contribution in [0.15, 0.2) is 30.3 Å². The third-order valence-corrected chi connectivity index (χ3v) is 9.89. The topological polar surface area (TPSA) is 109 Å². The lowest BCUT2D eigenvalue weighted by Gasteiger charge is -2.54. The Kier molecular flexibility index (Phi) is 11.3. The van der Waals surface area contributed by atoms with E-state index in [1.807, 2.05) is 51.1 Å². The van der Waals surface area contributed by atoms with Crippen molar-refractivity contribution in [2.24, 2.45) is 17.3 Å². The predicted octanol–water partition coefficient (Wildman–Crippen LogP) is 6.36. The van der Waals surface area contributed by atoms with Crippen molar-refractivity contribution in [2.75, 3.05) is 26.2 Å². The van der Waals surface area contributed by atoms with Crippen molar-refractivity contribution in [1.82, 2.24) is 19.8 Å². The van der Waals surface area contributed by atoms with Crippen LogP contribution in [0.4, 0.5) is 9.59 Å². The molecule has 11 nitrogen and oxygen atoms in total. The van der Waals surface area contributed by atoms with E-state index in [0.29, 0.717) is 38.4 Å². The van der Waals surface area contributed by atoms with Crippen LogP contribution in [0.3, 0.4) is 0 Å². The van der Waals surface area contributed by atoms with Crippen LogP contribution >= 0.6 is 0 Å². The molecular formula is C37H56N4O7. The number of nitrogens with zero attached hydrogens (tertiary/aromatic N) is 4. The fourth-order valence-electron chi connectivity index (χ4n) is 7.50. The number of benzene rings is 1. The number of likely N-dealkylation sites (tertiary alicyclic amines) is 1. The molecule has 3 heterocycles. The summed E-state index contributed by atoms with van der Waals surface area (Å²) in [6, 6.07) is 8.73. The highest BCUT2D eigenvalue weighted by Gasteiger charge is 2.54. The molecule has 0 N–H and O–H groups in total. The van der Waals surface area contributed by atoms with E-state index in [0.717, 1.165) is 44.1 Å². The SMILES string of the molecule is CC(C)(C)C[C@H]1C(=O)N(CC2CCN(C(=O)OC(C)(C)C)CC2)C[C@@H]2N(C(=O)OCc3ccccc3)O[C@H](CC3CCCCC3)C(=O)N21. The maximum absolute atomic E-state index is 14.4. The highest BCUT2D eigenvalue weighted by Crippen LogP contribution is 2.37. The van der Waals surface area contributed by atoms with Crippen molar-refractivity contribution in [3.05, 3.63) is 35.9 Å². The molecule has 3 saturated heterocycles. The first-order valence-corrected chi connectivity index (χ1v) is 17.9. The standard InChI is InChI=1S/C37H56N4O7/c1-36(2,3)22-29-32(42)39(23-27-17-19-38(20-18-27)34(44)47-37(4,5)6)24-31-40(29)33(43)30(21-26-13-9-7-10-14-26)48-41(31)35(45)46-25-28-15-11-8-12-16-28/h8,11-12,15-16,26-27,29-31H,7,9-10,13-14,17-25H2,1-6H3/t29-,30+,31-/m0/s1. The molecule has 0 radical (unpaired) electrons. The molecule has 48 heavy (non-hydrogen) atoms. The number of amides is 4. The number of carbonyl (C=O) groups excluding carboxylic acids is 4. The summed E-state index contributed by atoms with van der Waals surface area (Å²) >= 11 is 0. The van der Waals surface area contributed by atoms with Crippen molar-refractivity contribution in [1.29, 1.82) is 0 Å². The number of hydrogen-bond donors (Lipinski definition) is 0. The Morgan fingerprint density at radius 2 is 1.52 bits per heavy atom. The average Bonchev–Trinajstić information content (AvgIpc) is 3.03. The number of carbonyl (C=O) groups is 4. The van der Waals surface area contributed by atoms with Crippen molar-refractivity contribution in [2.45, 2.75) is 130 Å². The number of hydroxylamine groups is 2. The van der Waals surface area contributed by atoms with E-state index in [1.54, 1.807) is 14.7 Å². The number of hydrogen-bond acceptors (Lipinski definition) is 7. The van der Waals surface area contributed by atoms with Gasteiger partial charge in [-0.15, -0.1) is 0 Å². The zero-order valence-corrected chi connectivity index (χ0v) is 29.8. The summed E-state index contributed by atoms with van der Waals surface area (Å²) in [5, 5.41) is 1.25. The van der Waals surface area contributed by atoms with Gasteiger partial charge in [0.15, 0.2) is 12.3 Å². The minimum atomic E-state index is -0.854. The molecule has 0 spiro atoms. The molecular weight excluding hydrogens is 612 g/mol. The number of ether oxygens (including phenoxy) is 2.